The van der Waals surface area contributed by atoms with Gasteiger partial charge in [-0.2, -0.15) is 0 Å². The second-order valence-electron chi connectivity index (χ2n) is 21.4. The van der Waals surface area contributed by atoms with Gasteiger partial charge in [0, 0.05) is 19.3 Å². The fourth-order valence-corrected chi connectivity index (χ4v) is 9.20. The lowest BCUT2D eigenvalue weighted by molar-refractivity contribution is -0.167. The van der Waals surface area contributed by atoms with E-state index in [2.05, 4.69) is 34.6 Å². The molecule has 0 amide bonds. The smallest absolute Gasteiger partial charge is 0.306 e. The van der Waals surface area contributed by atoms with Crippen LogP contribution < -0.4 is 0 Å². The van der Waals surface area contributed by atoms with Gasteiger partial charge in [-0.05, 0) is 31.1 Å². The van der Waals surface area contributed by atoms with Crippen molar-refractivity contribution in [2.24, 2.45) is 11.8 Å². The Labute approximate surface area is 412 Å². The minimum Gasteiger partial charge on any atom is -0.462 e. The van der Waals surface area contributed by atoms with Crippen molar-refractivity contribution in [2.75, 3.05) is 13.2 Å². The number of esters is 3. The van der Waals surface area contributed by atoms with Gasteiger partial charge < -0.3 is 14.2 Å². The maximum absolute atomic E-state index is 12.9. The molecule has 0 saturated heterocycles. The second kappa shape index (κ2) is 52.8. The molecular formula is C60H116O6. The Hall–Kier alpha value is -1.59. The third-order valence-corrected chi connectivity index (χ3v) is 14.1. The predicted molar refractivity (Wildman–Crippen MR) is 284 cm³/mol. The summed E-state index contributed by atoms with van der Waals surface area (Å²) in [5.74, 6) is 0.849. The molecule has 6 nitrogen and oxygen atoms in total. The Morgan fingerprint density at radius 1 is 0.318 bits per heavy atom. The molecule has 1 unspecified atom stereocenters. The van der Waals surface area contributed by atoms with Gasteiger partial charge >= 0.3 is 17.9 Å². The van der Waals surface area contributed by atoms with Crippen molar-refractivity contribution in [1.29, 1.82) is 0 Å². The van der Waals surface area contributed by atoms with Gasteiger partial charge in [0.05, 0.1) is 0 Å². The van der Waals surface area contributed by atoms with E-state index in [-0.39, 0.29) is 31.1 Å². The van der Waals surface area contributed by atoms with Crippen LogP contribution in [-0.2, 0) is 28.6 Å². The standard InChI is InChI=1S/C60H116O6/c1-6-8-9-10-11-12-13-14-15-21-24-27-30-35-40-45-50-58(61)64-53-57(54-65-59(62)51-46-41-37-32-33-38-43-48-55(3)4)66-60(63)52-47-42-36-31-28-25-22-19-17-16-18-20-23-26-29-34-39-44-49-56(5)7-2/h55-57H,6-54H2,1-5H3/t56?,57-/m1/s1. The number of carbonyl (C=O) groups is 3. The first-order valence-corrected chi connectivity index (χ1v) is 29.8. The normalized spacial score (nSPS) is 12.5. The first-order chi connectivity index (χ1) is 32.3. The summed E-state index contributed by atoms with van der Waals surface area (Å²) in [6.45, 7) is 11.4. The summed E-state index contributed by atoms with van der Waals surface area (Å²) in [7, 11) is 0. The van der Waals surface area contributed by atoms with Crippen LogP contribution in [0.3, 0.4) is 0 Å². The predicted octanol–water partition coefficient (Wildman–Crippen LogP) is 19.7. The molecule has 0 radical (unpaired) electrons. The summed E-state index contributed by atoms with van der Waals surface area (Å²) in [5, 5.41) is 0. The molecule has 0 fully saturated rings. The van der Waals surface area contributed by atoms with E-state index in [0.717, 1.165) is 69.6 Å². The van der Waals surface area contributed by atoms with Crippen LogP contribution in [0.1, 0.15) is 336 Å². The number of carbonyl (C=O) groups excluding carboxylic acids is 3. The molecule has 0 aliphatic carbocycles. The van der Waals surface area contributed by atoms with E-state index in [1.54, 1.807) is 0 Å². The van der Waals surface area contributed by atoms with Gasteiger partial charge in [0.25, 0.3) is 0 Å². The van der Waals surface area contributed by atoms with Crippen LogP contribution in [0, 0.1) is 11.8 Å². The van der Waals surface area contributed by atoms with Gasteiger partial charge in [0.2, 0.25) is 0 Å². The molecule has 66 heavy (non-hydrogen) atoms. The summed E-state index contributed by atoms with van der Waals surface area (Å²) in [5.41, 5.74) is 0. The fraction of sp³-hybridized carbons (Fsp3) is 0.950. The average molecular weight is 934 g/mol. The van der Waals surface area contributed by atoms with E-state index in [1.807, 2.05) is 0 Å². The van der Waals surface area contributed by atoms with Crippen LogP contribution in [0.4, 0.5) is 0 Å². The highest BCUT2D eigenvalue weighted by Gasteiger charge is 2.19. The summed E-state index contributed by atoms with van der Waals surface area (Å²) in [4.78, 5) is 38.1. The molecule has 0 heterocycles. The Balaban J connectivity index is 4.21. The van der Waals surface area contributed by atoms with Crippen molar-refractivity contribution in [3.05, 3.63) is 0 Å². The Morgan fingerprint density at radius 2 is 0.576 bits per heavy atom. The van der Waals surface area contributed by atoms with Crippen molar-refractivity contribution in [3.63, 3.8) is 0 Å². The zero-order valence-electron chi connectivity index (χ0n) is 45.3. The summed E-state index contributed by atoms with van der Waals surface area (Å²) in [6, 6.07) is 0. The lowest BCUT2D eigenvalue weighted by Gasteiger charge is -2.18. The van der Waals surface area contributed by atoms with Gasteiger partial charge in [-0.1, -0.05) is 298 Å². The van der Waals surface area contributed by atoms with E-state index in [1.165, 1.54) is 225 Å². The van der Waals surface area contributed by atoms with Gasteiger partial charge in [-0.25, -0.2) is 0 Å². The lowest BCUT2D eigenvalue weighted by Crippen LogP contribution is -2.30. The molecule has 0 rings (SSSR count). The first kappa shape index (κ1) is 64.4. The van der Waals surface area contributed by atoms with Gasteiger partial charge in [0.15, 0.2) is 6.10 Å². The van der Waals surface area contributed by atoms with Crippen molar-refractivity contribution < 1.29 is 28.6 Å². The summed E-state index contributed by atoms with van der Waals surface area (Å²) in [6.07, 6.45) is 56.8. The number of rotatable bonds is 54. The van der Waals surface area contributed by atoms with E-state index >= 15 is 0 Å². The fourth-order valence-electron chi connectivity index (χ4n) is 9.20. The topological polar surface area (TPSA) is 78.9 Å². The summed E-state index contributed by atoms with van der Waals surface area (Å²) < 4.78 is 16.9. The molecule has 2 atom stereocenters. The molecule has 392 valence electrons. The largest absolute Gasteiger partial charge is 0.462 e. The second-order valence-corrected chi connectivity index (χ2v) is 21.4. The molecule has 0 saturated carbocycles. The molecule has 0 spiro atoms. The number of ether oxygens (including phenoxy) is 3. The van der Waals surface area contributed by atoms with Crippen LogP contribution in [0.25, 0.3) is 0 Å². The third kappa shape index (κ3) is 51.8. The zero-order valence-corrected chi connectivity index (χ0v) is 45.3. The molecule has 0 bridgehead atoms. The Morgan fingerprint density at radius 3 is 0.864 bits per heavy atom. The van der Waals surface area contributed by atoms with Crippen LogP contribution >= 0.6 is 0 Å². The first-order valence-electron chi connectivity index (χ1n) is 29.8. The van der Waals surface area contributed by atoms with Crippen molar-refractivity contribution >= 4 is 17.9 Å². The quantitative estimate of drug-likeness (QED) is 0.0343. The molecule has 0 aromatic rings. The average Bonchev–Trinajstić information content (AvgIpc) is 3.30. The van der Waals surface area contributed by atoms with Crippen LogP contribution in [0.2, 0.25) is 0 Å². The van der Waals surface area contributed by atoms with Crippen LogP contribution in [-0.4, -0.2) is 37.2 Å². The van der Waals surface area contributed by atoms with Gasteiger partial charge in [0.1, 0.15) is 13.2 Å². The number of hydrogen-bond donors (Lipinski definition) is 0. The lowest BCUT2D eigenvalue weighted by atomic mass is 9.99. The maximum Gasteiger partial charge on any atom is 0.306 e. The Bertz CT molecular complexity index is 1010. The van der Waals surface area contributed by atoms with Crippen molar-refractivity contribution in [1.82, 2.24) is 0 Å². The van der Waals surface area contributed by atoms with Crippen LogP contribution in [0.15, 0.2) is 0 Å². The SMILES string of the molecule is CCCCCCCCCCCCCCCCCCC(=O)OC[C@H](COC(=O)CCCCCCCCCC(C)C)OC(=O)CCCCCCCCCCCCCCCCCCCCC(C)CC. The summed E-state index contributed by atoms with van der Waals surface area (Å²) >= 11 is 0. The highest BCUT2D eigenvalue weighted by Crippen LogP contribution is 2.19. The van der Waals surface area contributed by atoms with E-state index < -0.39 is 6.10 Å². The van der Waals surface area contributed by atoms with E-state index in [9.17, 15) is 14.4 Å². The van der Waals surface area contributed by atoms with E-state index in [0.29, 0.717) is 19.3 Å². The van der Waals surface area contributed by atoms with Crippen molar-refractivity contribution in [3.8, 4) is 0 Å². The minimum atomic E-state index is -0.763. The number of hydrogen-bond acceptors (Lipinski definition) is 6. The zero-order chi connectivity index (χ0) is 48.2. The van der Waals surface area contributed by atoms with Crippen molar-refractivity contribution in [2.45, 2.75) is 343 Å². The molecular weight excluding hydrogens is 817 g/mol. The third-order valence-electron chi connectivity index (χ3n) is 14.1. The van der Waals surface area contributed by atoms with Crippen LogP contribution in [0.5, 0.6) is 0 Å². The highest BCUT2D eigenvalue weighted by atomic mass is 16.6. The molecule has 0 N–H and O–H groups in total. The minimum absolute atomic E-state index is 0.0631. The molecule has 0 aliphatic rings. The van der Waals surface area contributed by atoms with Gasteiger partial charge in [-0.3, -0.25) is 14.4 Å². The van der Waals surface area contributed by atoms with E-state index in [4.69, 9.17) is 14.2 Å². The monoisotopic (exact) mass is 933 g/mol. The molecule has 0 aliphatic heterocycles. The Kier molecular flexibility index (Phi) is 51.5. The van der Waals surface area contributed by atoms with Gasteiger partial charge in [-0.15, -0.1) is 0 Å². The molecule has 0 aromatic carbocycles. The molecule has 0 aromatic heterocycles. The molecule has 6 heteroatoms. The number of unbranched alkanes of at least 4 members (excludes halogenated alkanes) is 38. The maximum atomic E-state index is 12.9. The highest BCUT2D eigenvalue weighted by molar-refractivity contribution is 5.71.